The summed E-state index contributed by atoms with van der Waals surface area (Å²) < 4.78 is 27.6. The summed E-state index contributed by atoms with van der Waals surface area (Å²) in [6.07, 6.45) is 3.39. The molecule has 2 rings (SSSR count). The summed E-state index contributed by atoms with van der Waals surface area (Å²) in [5.41, 5.74) is 2.39. The van der Waals surface area contributed by atoms with E-state index >= 15 is 0 Å². The molecular weight excluding hydrogens is 290 g/mol. The predicted octanol–water partition coefficient (Wildman–Crippen LogP) is 1.92. The van der Waals surface area contributed by atoms with Crippen molar-refractivity contribution in [2.24, 2.45) is 5.92 Å². The molecule has 21 heavy (non-hydrogen) atoms. The van der Waals surface area contributed by atoms with Crippen molar-refractivity contribution in [3.8, 4) is 0 Å². The van der Waals surface area contributed by atoms with Crippen LogP contribution in [0, 0.1) is 26.7 Å². The van der Waals surface area contributed by atoms with Gasteiger partial charge in [-0.3, -0.25) is 4.79 Å². The fourth-order valence-corrected chi connectivity index (χ4v) is 4.48. The molecule has 0 saturated heterocycles. The number of carbonyl (C=O) groups is 1. The van der Waals surface area contributed by atoms with Crippen LogP contribution >= 0.6 is 0 Å². The van der Waals surface area contributed by atoms with Crippen LogP contribution in [0.2, 0.25) is 0 Å². The second-order valence-electron chi connectivity index (χ2n) is 5.52. The van der Waals surface area contributed by atoms with E-state index < -0.39 is 28.0 Å². The van der Waals surface area contributed by atoms with E-state index in [2.05, 4.69) is 4.72 Å². The number of sulfonamides is 1. The van der Waals surface area contributed by atoms with E-state index in [4.69, 9.17) is 5.11 Å². The van der Waals surface area contributed by atoms with Gasteiger partial charge in [0.05, 0.1) is 10.8 Å². The molecule has 5 nitrogen and oxygen atoms in total. The van der Waals surface area contributed by atoms with Crippen molar-refractivity contribution in [2.75, 3.05) is 0 Å². The van der Waals surface area contributed by atoms with Crippen LogP contribution < -0.4 is 4.72 Å². The summed E-state index contributed by atoms with van der Waals surface area (Å²) in [5, 5.41) is 8.94. The third kappa shape index (κ3) is 3.33. The van der Waals surface area contributed by atoms with Crippen LogP contribution in [0.4, 0.5) is 0 Å². The zero-order valence-electron chi connectivity index (χ0n) is 12.3. The van der Waals surface area contributed by atoms with Gasteiger partial charge in [-0.25, -0.2) is 13.1 Å². The Balaban J connectivity index is 2.25. The van der Waals surface area contributed by atoms with E-state index in [1.807, 2.05) is 19.1 Å². The molecule has 0 saturated carbocycles. The van der Waals surface area contributed by atoms with E-state index in [0.29, 0.717) is 11.1 Å². The van der Waals surface area contributed by atoms with Gasteiger partial charge in [-0.15, -0.1) is 0 Å². The van der Waals surface area contributed by atoms with E-state index in [1.165, 1.54) is 6.08 Å². The Morgan fingerprint density at radius 3 is 2.24 bits per heavy atom. The van der Waals surface area contributed by atoms with Crippen LogP contribution in [-0.2, 0) is 14.8 Å². The minimum absolute atomic E-state index is 0.249. The zero-order valence-corrected chi connectivity index (χ0v) is 13.1. The second-order valence-corrected chi connectivity index (χ2v) is 7.17. The van der Waals surface area contributed by atoms with Gasteiger partial charge >= 0.3 is 5.97 Å². The fourth-order valence-electron chi connectivity index (χ4n) is 2.82. The van der Waals surface area contributed by atoms with Crippen molar-refractivity contribution < 1.29 is 18.3 Å². The maximum atomic E-state index is 12.5. The van der Waals surface area contributed by atoms with Gasteiger partial charge in [0, 0.05) is 6.04 Å². The van der Waals surface area contributed by atoms with Gasteiger partial charge < -0.3 is 5.11 Å². The largest absolute Gasteiger partial charge is 0.481 e. The number of carboxylic acid groups (broad SMARTS) is 1. The summed E-state index contributed by atoms with van der Waals surface area (Å²) in [5.74, 6) is -1.56. The average molecular weight is 309 g/mol. The van der Waals surface area contributed by atoms with Gasteiger partial charge in [-0.1, -0.05) is 29.8 Å². The number of hydrogen-bond donors (Lipinski definition) is 2. The van der Waals surface area contributed by atoms with Gasteiger partial charge in [0.25, 0.3) is 0 Å². The number of benzene rings is 1. The molecule has 1 aromatic carbocycles. The van der Waals surface area contributed by atoms with Gasteiger partial charge in [0.2, 0.25) is 10.0 Å². The van der Waals surface area contributed by atoms with Crippen LogP contribution in [0.5, 0.6) is 0 Å². The molecule has 0 heterocycles. The highest BCUT2D eigenvalue weighted by Crippen LogP contribution is 2.24. The van der Waals surface area contributed by atoms with E-state index in [9.17, 15) is 13.2 Å². The standard InChI is InChI=1S/C15H19NO4S/c1-9-6-10(2)14(11(3)7-9)21(19,20)16-13-5-4-12(8-13)15(17)18/h4-7,12-13,16H,8H2,1-3H3,(H,17,18). The predicted molar refractivity (Wildman–Crippen MR) is 79.6 cm³/mol. The van der Waals surface area contributed by atoms with Gasteiger partial charge in [0.1, 0.15) is 0 Å². The van der Waals surface area contributed by atoms with Gasteiger partial charge in [-0.05, 0) is 38.3 Å². The maximum absolute atomic E-state index is 12.5. The molecule has 2 unspecified atom stereocenters. The minimum Gasteiger partial charge on any atom is -0.481 e. The normalized spacial score (nSPS) is 21.7. The van der Waals surface area contributed by atoms with Crippen molar-refractivity contribution in [1.29, 1.82) is 0 Å². The van der Waals surface area contributed by atoms with Crippen molar-refractivity contribution in [1.82, 2.24) is 4.72 Å². The Morgan fingerprint density at radius 1 is 1.19 bits per heavy atom. The lowest BCUT2D eigenvalue weighted by Crippen LogP contribution is -2.34. The molecular formula is C15H19NO4S. The third-order valence-electron chi connectivity index (χ3n) is 3.58. The van der Waals surface area contributed by atoms with Crippen molar-refractivity contribution in [3.05, 3.63) is 41.0 Å². The molecule has 0 aromatic heterocycles. The van der Waals surface area contributed by atoms with Gasteiger partial charge in [0.15, 0.2) is 0 Å². The van der Waals surface area contributed by atoms with Gasteiger partial charge in [-0.2, -0.15) is 0 Å². The molecule has 0 fully saturated rings. The highest BCUT2D eigenvalue weighted by atomic mass is 32.2. The molecule has 114 valence electrons. The summed E-state index contributed by atoms with van der Waals surface area (Å²) >= 11 is 0. The molecule has 0 bridgehead atoms. The first-order valence-electron chi connectivity index (χ1n) is 6.72. The molecule has 1 aromatic rings. The lowest BCUT2D eigenvalue weighted by molar-refractivity contribution is -0.140. The first-order chi connectivity index (χ1) is 9.70. The van der Waals surface area contributed by atoms with E-state index in [-0.39, 0.29) is 11.3 Å². The second kappa shape index (κ2) is 5.61. The molecule has 1 aliphatic rings. The number of hydrogen-bond acceptors (Lipinski definition) is 3. The zero-order chi connectivity index (χ0) is 15.8. The molecule has 2 N–H and O–H groups in total. The average Bonchev–Trinajstić information content (AvgIpc) is 2.74. The molecule has 1 aliphatic carbocycles. The number of carboxylic acids is 1. The topological polar surface area (TPSA) is 83.5 Å². The smallest absolute Gasteiger partial charge is 0.310 e. The molecule has 2 atom stereocenters. The minimum atomic E-state index is -3.67. The van der Waals surface area contributed by atoms with Crippen LogP contribution in [-0.4, -0.2) is 25.5 Å². The molecule has 6 heteroatoms. The summed E-state index contributed by atoms with van der Waals surface area (Å²) in [6, 6.07) is 3.18. The highest BCUT2D eigenvalue weighted by Gasteiger charge is 2.29. The van der Waals surface area contributed by atoms with Crippen molar-refractivity contribution in [3.63, 3.8) is 0 Å². The summed E-state index contributed by atoms with van der Waals surface area (Å²) in [7, 11) is -3.67. The van der Waals surface area contributed by atoms with Crippen LogP contribution in [0.1, 0.15) is 23.1 Å². The van der Waals surface area contributed by atoms with Crippen molar-refractivity contribution >= 4 is 16.0 Å². The molecule has 0 aliphatic heterocycles. The number of nitrogens with one attached hydrogen (secondary N) is 1. The molecule has 0 radical (unpaired) electrons. The Labute approximate surface area is 124 Å². The Bertz CT molecular complexity index is 683. The first kappa shape index (κ1) is 15.7. The van der Waals surface area contributed by atoms with Crippen LogP contribution in [0.25, 0.3) is 0 Å². The number of aliphatic carboxylic acids is 1. The highest BCUT2D eigenvalue weighted by molar-refractivity contribution is 7.89. The Hall–Kier alpha value is -1.66. The first-order valence-corrected chi connectivity index (χ1v) is 8.20. The quantitative estimate of drug-likeness (QED) is 0.832. The molecule has 0 spiro atoms. The lowest BCUT2D eigenvalue weighted by atomic mass is 10.1. The van der Waals surface area contributed by atoms with E-state index in [1.54, 1.807) is 19.9 Å². The van der Waals surface area contributed by atoms with E-state index in [0.717, 1.165) is 5.56 Å². The summed E-state index contributed by atoms with van der Waals surface area (Å²) in [4.78, 5) is 11.2. The lowest BCUT2D eigenvalue weighted by Gasteiger charge is -2.16. The van der Waals surface area contributed by atoms with Crippen LogP contribution in [0.3, 0.4) is 0 Å². The Morgan fingerprint density at radius 2 is 1.76 bits per heavy atom. The Kier molecular flexibility index (Phi) is 4.20. The SMILES string of the molecule is Cc1cc(C)c(S(=O)(=O)NC2C=CC(C(=O)O)C2)c(C)c1. The maximum Gasteiger partial charge on any atom is 0.310 e. The molecule has 0 amide bonds. The number of aryl methyl sites for hydroxylation is 3. The number of rotatable bonds is 4. The summed E-state index contributed by atoms with van der Waals surface area (Å²) in [6.45, 7) is 5.44. The fraction of sp³-hybridized carbons (Fsp3) is 0.400. The monoisotopic (exact) mass is 309 g/mol. The van der Waals surface area contributed by atoms with Crippen LogP contribution in [0.15, 0.2) is 29.2 Å². The third-order valence-corrected chi connectivity index (χ3v) is 5.38. The van der Waals surface area contributed by atoms with Crippen molar-refractivity contribution in [2.45, 2.75) is 38.1 Å².